The van der Waals surface area contributed by atoms with Gasteiger partial charge in [0.2, 0.25) is 5.91 Å². The fraction of sp³-hybridized carbons (Fsp3) is 0.400. The lowest BCUT2D eigenvalue weighted by molar-refractivity contribution is -0.140. The Hall–Kier alpha value is -3.20. The van der Waals surface area contributed by atoms with Crippen LogP contribution >= 0.6 is 0 Å². The topological polar surface area (TPSA) is 114 Å². The first-order valence-electron chi connectivity index (χ1n) is 9.44. The maximum absolute atomic E-state index is 12.6. The number of amides is 2. The predicted molar refractivity (Wildman–Crippen MR) is 104 cm³/mol. The number of nitrogens with zero attached hydrogens (tertiary/aromatic N) is 3. The van der Waals surface area contributed by atoms with Crippen molar-refractivity contribution in [3.05, 3.63) is 42.1 Å². The fourth-order valence-electron chi connectivity index (χ4n) is 3.16. The minimum absolute atomic E-state index is 0.0145. The molecule has 2 amide bonds. The molecule has 1 aliphatic heterocycles. The van der Waals surface area contributed by atoms with E-state index in [-0.39, 0.29) is 24.4 Å². The van der Waals surface area contributed by atoms with E-state index >= 15 is 0 Å². The number of nitrogens with one attached hydrogen (secondary N) is 1. The molecule has 2 aromatic rings. The average Bonchev–Trinajstić information content (AvgIpc) is 3.13. The van der Waals surface area contributed by atoms with Crippen molar-refractivity contribution in [1.82, 2.24) is 20.0 Å². The van der Waals surface area contributed by atoms with Gasteiger partial charge in [-0.2, -0.15) is 5.10 Å². The van der Waals surface area contributed by atoms with E-state index in [1.54, 1.807) is 18.0 Å². The van der Waals surface area contributed by atoms with Crippen LogP contribution in [0.4, 0.5) is 0 Å². The first-order chi connectivity index (χ1) is 14.0. The summed E-state index contributed by atoms with van der Waals surface area (Å²) in [7, 11) is 1.62. The number of aryl methyl sites for hydroxylation is 1. The normalized spacial score (nSPS) is 15.0. The number of ether oxygens (including phenoxy) is 1. The van der Waals surface area contributed by atoms with Gasteiger partial charge in [-0.25, -0.2) is 4.79 Å². The van der Waals surface area contributed by atoms with Gasteiger partial charge in [-0.1, -0.05) is 30.3 Å². The third kappa shape index (κ3) is 5.20. The van der Waals surface area contributed by atoms with Crippen LogP contribution in [0.2, 0.25) is 0 Å². The van der Waals surface area contributed by atoms with Gasteiger partial charge in [0.1, 0.15) is 11.7 Å². The standard InChI is InChI=1S/C20H24N4O5/c1-23-17(13-16(22-23)14-5-3-2-4-6-14)19(26)21-15(20(27)28)7-8-18(25)24-9-11-29-12-10-24/h2-6,13,15H,7-12H2,1H3,(H,21,26)(H,27,28)/t15-/m1/s1. The monoisotopic (exact) mass is 400 g/mol. The molecule has 154 valence electrons. The quantitative estimate of drug-likeness (QED) is 0.714. The number of rotatable bonds is 7. The summed E-state index contributed by atoms with van der Waals surface area (Å²) in [5.74, 6) is -1.87. The highest BCUT2D eigenvalue weighted by atomic mass is 16.5. The van der Waals surface area contributed by atoms with Crippen molar-refractivity contribution in [2.45, 2.75) is 18.9 Å². The van der Waals surface area contributed by atoms with Crippen molar-refractivity contribution < 1.29 is 24.2 Å². The molecule has 0 saturated carbocycles. The van der Waals surface area contributed by atoms with Crippen LogP contribution < -0.4 is 5.32 Å². The molecular formula is C20H24N4O5. The SMILES string of the molecule is Cn1nc(-c2ccccc2)cc1C(=O)N[C@H](CCC(=O)N1CCOCC1)C(=O)O. The Morgan fingerprint density at radius 2 is 1.90 bits per heavy atom. The van der Waals surface area contributed by atoms with Gasteiger partial charge >= 0.3 is 5.97 Å². The number of aromatic nitrogens is 2. The minimum Gasteiger partial charge on any atom is -0.480 e. The van der Waals surface area contributed by atoms with Crippen LogP contribution in [0.1, 0.15) is 23.3 Å². The zero-order valence-corrected chi connectivity index (χ0v) is 16.2. The Morgan fingerprint density at radius 1 is 1.21 bits per heavy atom. The van der Waals surface area contributed by atoms with E-state index in [0.29, 0.717) is 32.0 Å². The number of hydrogen-bond acceptors (Lipinski definition) is 5. The van der Waals surface area contributed by atoms with Gasteiger partial charge < -0.3 is 20.1 Å². The van der Waals surface area contributed by atoms with Gasteiger partial charge in [-0.3, -0.25) is 14.3 Å². The number of carbonyl (C=O) groups excluding carboxylic acids is 2. The first kappa shape index (κ1) is 20.5. The van der Waals surface area contributed by atoms with Gasteiger partial charge in [-0.05, 0) is 12.5 Å². The molecule has 1 aromatic carbocycles. The zero-order chi connectivity index (χ0) is 20.8. The highest BCUT2D eigenvalue weighted by Crippen LogP contribution is 2.18. The molecule has 2 heterocycles. The van der Waals surface area contributed by atoms with Gasteiger partial charge in [-0.15, -0.1) is 0 Å². The molecule has 0 radical (unpaired) electrons. The van der Waals surface area contributed by atoms with Crippen molar-refractivity contribution in [3.63, 3.8) is 0 Å². The Labute approximate surface area is 168 Å². The number of benzene rings is 1. The Bertz CT molecular complexity index is 874. The number of carboxylic acids is 1. The summed E-state index contributed by atoms with van der Waals surface area (Å²) in [4.78, 5) is 38.1. The zero-order valence-electron chi connectivity index (χ0n) is 16.2. The lowest BCUT2D eigenvalue weighted by atomic mass is 10.1. The third-order valence-corrected chi connectivity index (χ3v) is 4.80. The third-order valence-electron chi connectivity index (χ3n) is 4.80. The van der Waals surface area contributed by atoms with Crippen LogP contribution in [-0.2, 0) is 21.4 Å². The molecular weight excluding hydrogens is 376 g/mol. The largest absolute Gasteiger partial charge is 0.480 e. The molecule has 1 aromatic heterocycles. The first-order valence-corrected chi connectivity index (χ1v) is 9.44. The van der Waals surface area contributed by atoms with Crippen LogP contribution in [0.15, 0.2) is 36.4 Å². The number of morpholine rings is 1. The molecule has 3 rings (SSSR count). The number of aliphatic carboxylic acids is 1. The van der Waals surface area contributed by atoms with Crippen molar-refractivity contribution in [2.24, 2.45) is 7.05 Å². The summed E-state index contributed by atoms with van der Waals surface area (Å²) in [6.45, 7) is 1.96. The Balaban J connectivity index is 1.63. The molecule has 1 atom stereocenters. The fourth-order valence-corrected chi connectivity index (χ4v) is 3.16. The molecule has 2 N–H and O–H groups in total. The second-order valence-corrected chi connectivity index (χ2v) is 6.80. The van der Waals surface area contributed by atoms with Crippen LogP contribution in [0.3, 0.4) is 0 Å². The van der Waals surface area contributed by atoms with Crippen LogP contribution in [0.5, 0.6) is 0 Å². The van der Waals surface area contributed by atoms with Gasteiger partial charge in [0.05, 0.1) is 18.9 Å². The van der Waals surface area contributed by atoms with Crippen molar-refractivity contribution >= 4 is 17.8 Å². The summed E-state index contributed by atoms with van der Waals surface area (Å²) >= 11 is 0. The second-order valence-electron chi connectivity index (χ2n) is 6.80. The van der Waals surface area contributed by atoms with Crippen LogP contribution in [0, 0.1) is 0 Å². The molecule has 9 nitrogen and oxygen atoms in total. The molecule has 1 aliphatic rings. The average molecular weight is 400 g/mol. The van der Waals surface area contributed by atoms with Crippen LogP contribution in [0.25, 0.3) is 11.3 Å². The summed E-state index contributed by atoms with van der Waals surface area (Å²) < 4.78 is 6.62. The van der Waals surface area contributed by atoms with Gasteiger partial charge in [0.15, 0.2) is 0 Å². The van der Waals surface area contributed by atoms with Crippen molar-refractivity contribution in [1.29, 1.82) is 0 Å². The molecule has 0 bridgehead atoms. The summed E-state index contributed by atoms with van der Waals surface area (Å²) in [5, 5.41) is 16.3. The van der Waals surface area contributed by atoms with E-state index in [9.17, 15) is 19.5 Å². The summed E-state index contributed by atoms with van der Waals surface area (Å²) in [5.41, 5.74) is 1.72. The van der Waals surface area contributed by atoms with E-state index < -0.39 is 17.9 Å². The van der Waals surface area contributed by atoms with Gasteiger partial charge in [0, 0.05) is 32.1 Å². The highest BCUT2D eigenvalue weighted by molar-refractivity contribution is 5.96. The molecule has 0 unspecified atom stereocenters. The predicted octanol–water partition coefficient (Wildman–Crippen LogP) is 0.909. The van der Waals surface area contributed by atoms with E-state index in [1.807, 2.05) is 30.3 Å². The smallest absolute Gasteiger partial charge is 0.326 e. The van der Waals surface area contributed by atoms with E-state index in [2.05, 4.69) is 10.4 Å². The number of carbonyl (C=O) groups is 3. The molecule has 29 heavy (non-hydrogen) atoms. The summed E-state index contributed by atoms with van der Waals surface area (Å²) in [6.07, 6.45) is 0.0541. The maximum Gasteiger partial charge on any atom is 0.326 e. The Kier molecular flexibility index (Phi) is 6.61. The van der Waals surface area contributed by atoms with Gasteiger partial charge in [0.25, 0.3) is 5.91 Å². The summed E-state index contributed by atoms with van der Waals surface area (Å²) in [6, 6.07) is 9.83. The van der Waals surface area contributed by atoms with Crippen molar-refractivity contribution in [2.75, 3.05) is 26.3 Å². The Morgan fingerprint density at radius 3 is 2.55 bits per heavy atom. The second kappa shape index (κ2) is 9.33. The maximum atomic E-state index is 12.6. The van der Waals surface area contributed by atoms with E-state index in [4.69, 9.17) is 4.74 Å². The molecule has 9 heteroatoms. The minimum atomic E-state index is -1.18. The number of hydrogen-bond donors (Lipinski definition) is 2. The molecule has 1 fully saturated rings. The van der Waals surface area contributed by atoms with Crippen molar-refractivity contribution in [3.8, 4) is 11.3 Å². The molecule has 0 aliphatic carbocycles. The molecule has 1 saturated heterocycles. The number of carboxylic acid groups (broad SMARTS) is 1. The van der Waals surface area contributed by atoms with E-state index in [0.717, 1.165) is 5.56 Å². The highest BCUT2D eigenvalue weighted by Gasteiger charge is 2.25. The van der Waals surface area contributed by atoms with Crippen LogP contribution in [-0.4, -0.2) is 69.9 Å². The molecule has 0 spiro atoms. The lowest BCUT2D eigenvalue weighted by Gasteiger charge is -2.27. The lowest BCUT2D eigenvalue weighted by Crippen LogP contribution is -2.44. The van der Waals surface area contributed by atoms with E-state index in [1.165, 1.54) is 4.68 Å².